The van der Waals surface area contributed by atoms with Crippen molar-refractivity contribution in [2.75, 3.05) is 0 Å². The minimum atomic E-state index is -0.377. The molecule has 0 aliphatic rings. The van der Waals surface area contributed by atoms with Crippen molar-refractivity contribution in [1.82, 2.24) is 0 Å². The van der Waals surface area contributed by atoms with Crippen molar-refractivity contribution < 1.29 is 5.11 Å². The van der Waals surface area contributed by atoms with E-state index in [1.807, 2.05) is 12.1 Å². The van der Waals surface area contributed by atoms with E-state index in [2.05, 4.69) is 0 Å². The van der Waals surface area contributed by atoms with E-state index < -0.39 is 0 Å². The summed E-state index contributed by atoms with van der Waals surface area (Å²) in [5.74, 6) is 0. The van der Waals surface area contributed by atoms with E-state index in [0.29, 0.717) is 11.4 Å². The lowest BCUT2D eigenvalue weighted by Crippen LogP contribution is -2.03. The van der Waals surface area contributed by atoms with Gasteiger partial charge in [0.1, 0.15) is 0 Å². The Morgan fingerprint density at radius 3 is 2.31 bits per heavy atom. The predicted octanol–water partition coefficient (Wildman–Crippen LogP) is 3.39. The van der Waals surface area contributed by atoms with E-state index in [1.54, 1.807) is 19.1 Å². The quantitative estimate of drug-likeness (QED) is 0.772. The van der Waals surface area contributed by atoms with Crippen molar-refractivity contribution in [2.24, 2.45) is 0 Å². The van der Waals surface area contributed by atoms with Gasteiger partial charge in [0.15, 0.2) is 0 Å². The van der Waals surface area contributed by atoms with Crippen molar-refractivity contribution in [2.45, 2.75) is 24.8 Å². The van der Waals surface area contributed by atoms with Gasteiger partial charge in [-0.15, -0.1) is 11.6 Å². The summed E-state index contributed by atoms with van der Waals surface area (Å²) in [6.07, 6.45) is 0.182. The number of aliphatic hydroxyl groups excluding tert-OH is 1. The Hall–Kier alpha value is -0.240. The molecule has 1 aromatic rings. The summed E-state index contributed by atoms with van der Waals surface area (Å²) in [6, 6.07) is 7.35. The molecule has 0 aromatic heterocycles. The van der Waals surface area contributed by atoms with Gasteiger partial charge in [0, 0.05) is 5.02 Å². The second-order valence-corrected chi connectivity index (χ2v) is 4.07. The zero-order valence-electron chi connectivity index (χ0n) is 7.37. The number of rotatable bonds is 3. The largest absolute Gasteiger partial charge is 0.393 e. The number of halogens is 2. The molecule has 1 nitrogen and oxygen atoms in total. The van der Waals surface area contributed by atoms with Gasteiger partial charge in [0.2, 0.25) is 0 Å². The molecule has 0 aliphatic heterocycles. The molecule has 2 unspecified atom stereocenters. The summed E-state index contributed by atoms with van der Waals surface area (Å²) in [6.45, 7) is 1.73. The molecular weight excluding hydrogens is 207 g/mol. The van der Waals surface area contributed by atoms with Crippen LogP contribution in [0.25, 0.3) is 0 Å². The third-order valence-corrected chi connectivity index (χ3v) is 2.46. The molecule has 13 heavy (non-hydrogen) atoms. The molecule has 1 aromatic carbocycles. The Kier molecular flexibility index (Phi) is 4.04. The topological polar surface area (TPSA) is 20.2 Å². The van der Waals surface area contributed by atoms with Gasteiger partial charge < -0.3 is 5.11 Å². The smallest absolute Gasteiger partial charge is 0.0609 e. The maximum absolute atomic E-state index is 9.13. The summed E-state index contributed by atoms with van der Waals surface area (Å²) in [4.78, 5) is 0. The van der Waals surface area contributed by atoms with Gasteiger partial charge >= 0.3 is 0 Å². The van der Waals surface area contributed by atoms with Crippen molar-refractivity contribution in [3.63, 3.8) is 0 Å². The first kappa shape index (κ1) is 10.8. The van der Waals surface area contributed by atoms with Crippen molar-refractivity contribution in [3.05, 3.63) is 34.9 Å². The van der Waals surface area contributed by atoms with E-state index in [0.717, 1.165) is 5.56 Å². The molecule has 0 spiro atoms. The normalized spacial score (nSPS) is 15.4. The highest BCUT2D eigenvalue weighted by Crippen LogP contribution is 2.26. The summed E-state index contributed by atoms with van der Waals surface area (Å²) >= 11 is 11.8. The van der Waals surface area contributed by atoms with Gasteiger partial charge in [-0.05, 0) is 31.0 Å². The molecule has 0 saturated carbocycles. The Balaban J connectivity index is 2.66. The molecule has 0 radical (unpaired) electrons. The van der Waals surface area contributed by atoms with Crippen LogP contribution in [0, 0.1) is 0 Å². The van der Waals surface area contributed by atoms with Crippen LogP contribution in [-0.4, -0.2) is 11.2 Å². The summed E-state index contributed by atoms with van der Waals surface area (Å²) in [5.41, 5.74) is 0.993. The van der Waals surface area contributed by atoms with Crippen molar-refractivity contribution in [1.29, 1.82) is 0 Å². The van der Waals surface area contributed by atoms with E-state index in [4.69, 9.17) is 28.3 Å². The van der Waals surface area contributed by atoms with Crippen molar-refractivity contribution in [3.8, 4) is 0 Å². The fourth-order valence-corrected chi connectivity index (χ4v) is 1.64. The van der Waals surface area contributed by atoms with E-state index in [1.165, 1.54) is 0 Å². The Bertz CT molecular complexity index is 256. The molecule has 0 saturated heterocycles. The lowest BCUT2D eigenvalue weighted by molar-refractivity contribution is 0.183. The third kappa shape index (κ3) is 3.55. The second kappa shape index (κ2) is 4.85. The molecule has 1 N–H and O–H groups in total. The highest BCUT2D eigenvalue weighted by atomic mass is 35.5. The summed E-state index contributed by atoms with van der Waals surface area (Å²) in [7, 11) is 0. The highest BCUT2D eigenvalue weighted by molar-refractivity contribution is 6.30. The molecule has 0 heterocycles. The first-order valence-corrected chi connectivity index (χ1v) is 4.98. The molecule has 0 fully saturated rings. The van der Waals surface area contributed by atoms with Crippen LogP contribution >= 0.6 is 23.2 Å². The van der Waals surface area contributed by atoms with Crippen LogP contribution in [0.2, 0.25) is 5.02 Å². The van der Waals surface area contributed by atoms with E-state index >= 15 is 0 Å². The fourth-order valence-electron chi connectivity index (χ4n) is 1.11. The summed E-state index contributed by atoms with van der Waals surface area (Å²) in [5, 5.41) is 9.69. The molecule has 72 valence electrons. The van der Waals surface area contributed by atoms with Crippen LogP contribution in [0.1, 0.15) is 24.3 Å². The average Bonchev–Trinajstić information content (AvgIpc) is 2.04. The van der Waals surface area contributed by atoms with E-state index in [9.17, 15) is 0 Å². The predicted molar refractivity (Wildman–Crippen MR) is 56.3 cm³/mol. The second-order valence-electron chi connectivity index (χ2n) is 3.10. The Morgan fingerprint density at radius 2 is 1.85 bits per heavy atom. The zero-order valence-corrected chi connectivity index (χ0v) is 8.89. The standard InChI is InChI=1S/C10H12Cl2O/c1-7(13)6-10(12)8-2-4-9(11)5-3-8/h2-5,7,10,13H,6H2,1H3. The molecule has 3 heteroatoms. The lowest BCUT2D eigenvalue weighted by atomic mass is 10.1. The van der Waals surface area contributed by atoms with Gasteiger partial charge in [0.05, 0.1) is 11.5 Å². The van der Waals surface area contributed by atoms with Crippen molar-refractivity contribution >= 4 is 23.2 Å². The van der Waals surface area contributed by atoms with Gasteiger partial charge in [-0.2, -0.15) is 0 Å². The van der Waals surface area contributed by atoms with Gasteiger partial charge in [-0.3, -0.25) is 0 Å². The Morgan fingerprint density at radius 1 is 1.31 bits per heavy atom. The Labute approximate surface area is 88.3 Å². The molecule has 0 aliphatic carbocycles. The van der Waals surface area contributed by atoms with Crippen LogP contribution < -0.4 is 0 Å². The average molecular weight is 219 g/mol. The fraction of sp³-hybridized carbons (Fsp3) is 0.400. The van der Waals surface area contributed by atoms with Gasteiger partial charge in [0.25, 0.3) is 0 Å². The zero-order chi connectivity index (χ0) is 9.84. The molecule has 1 rings (SSSR count). The van der Waals surface area contributed by atoms with Gasteiger partial charge in [-0.25, -0.2) is 0 Å². The molecule has 2 atom stereocenters. The minimum absolute atomic E-state index is 0.141. The first-order valence-electron chi connectivity index (χ1n) is 4.17. The first-order chi connectivity index (χ1) is 6.09. The van der Waals surface area contributed by atoms with E-state index in [-0.39, 0.29) is 11.5 Å². The van der Waals surface area contributed by atoms with Crippen LogP contribution in [0.3, 0.4) is 0 Å². The van der Waals surface area contributed by atoms with Crippen LogP contribution in [0.15, 0.2) is 24.3 Å². The SMILES string of the molecule is CC(O)CC(Cl)c1ccc(Cl)cc1. The minimum Gasteiger partial charge on any atom is -0.393 e. The molecular formula is C10H12Cl2O. The maximum Gasteiger partial charge on any atom is 0.0609 e. The lowest BCUT2D eigenvalue weighted by Gasteiger charge is -2.11. The number of hydrogen-bond acceptors (Lipinski definition) is 1. The summed E-state index contributed by atoms with van der Waals surface area (Å²) < 4.78 is 0. The number of aliphatic hydroxyl groups is 1. The molecule has 0 bridgehead atoms. The molecule has 0 amide bonds. The highest BCUT2D eigenvalue weighted by Gasteiger charge is 2.10. The van der Waals surface area contributed by atoms with Crippen LogP contribution in [-0.2, 0) is 0 Å². The van der Waals surface area contributed by atoms with Crippen LogP contribution in [0.5, 0.6) is 0 Å². The van der Waals surface area contributed by atoms with Gasteiger partial charge in [-0.1, -0.05) is 23.7 Å². The van der Waals surface area contributed by atoms with Crippen LogP contribution in [0.4, 0.5) is 0 Å². The third-order valence-electron chi connectivity index (χ3n) is 1.78. The number of hydrogen-bond donors (Lipinski definition) is 1. The maximum atomic E-state index is 9.13. The number of alkyl halides is 1. The number of benzene rings is 1. The monoisotopic (exact) mass is 218 g/mol.